The molecule has 0 saturated heterocycles. The van der Waals surface area contributed by atoms with Gasteiger partial charge in [0.1, 0.15) is 30.5 Å². The van der Waals surface area contributed by atoms with Gasteiger partial charge in [0.05, 0.1) is 33.5 Å². The van der Waals surface area contributed by atoms with Crippen molar-refractivity contribution in [1.29, 1.82) is 0 Å². The van der Waals surface area contributed by atoms with Crippen LogP contribution in [0.1, 0.15) is 102 Å². The van der Waals surface area contributed by atoms with Gasteiger partial charge in [0.25, 0.3) is 0 Å². The van der Waals surface area contributed by atoms with E-state index in [0.717, 1.165) is 68.5 Å². The summed E-state index contributed by atoms with van der Waals surface area (Å²) < 4.78 is 15.3. The Balaban J connectivity index is 0.945. The van der Waals surface area contributed by atoms with E-state index in [1.54, 1.807) is 0 Å². The van der Waals surface area contributed by atoms with Crippen molar-refractivity contribution in [2.75, 3.05) is 13.2 Å². The summed E-state index contributed by atoms with van der Waals surface area (Å²) in [7, 11) is 0. The number of nitrogens with zero attached hydrogens (tertiary/aromatic N) is 4. The first-order valence-corrected chi connectivity index (χ1v) is 27.2. The van der Waals surface area contributed by atoms with Crippen LogP contribution < -0.4 is 9.47 Å². The van der Waals surface area contributed by atoms with Crippen molar-refractivity contribution < 1.29 is 9.47 Å². The molecule has 2 heterocycles. The monoisotopic (exact) mass is 963 g/mol. The third-order valence-electron chi connectivity index (χ3n) is 14.7. The van der Waals surface area contributed by atoms with Gasteiger partial charge in [0.2, 0.25) is 0 Å². The minimum absolute atomic E-state index is 0.381. The maximum absolute atomic E-state index is 6.36. The third-order valence-corrected chi connectivity index (χ3v) is 14.7. The lowest BCUT2D eigenvalue weighted by Gasteiger charge is -2.21. The Morgan fingerprint density at radius 3 is 1.66 bits per heavy atom. The van der Waals surface area contributed by atoms with Gasteiger partial charge in [0, 0.05) is 40.1 Å². The number of unbranched alkanes of at least 4 members (excludes halogenated alkanes) is 8. The number of benzene rings is 8. The summed E-state index contributed by atoms with van der Waals surface area (Å²) in [6.45, 7) is 10.7. The van der Waals surface area contributed by atoms with Crippen molar-refractivity contribution in [1.82, 2.24) is 19.5 Å². The molecule has 6 heteroatoms. The average Bonchev–Trinajstić information content (AvgIpc) is 3.81. The Morgan fingerprint density at radius 1 is 0.425 bits per heavy atom. The predicted molar refractivity (Wildman–Crippen MR) is 307 cm³/mol. The predicted octanol–water partition coefficient (Wildman–Crippen LogP) is 18.4. The number of imidazole rings is 1. The number of rotatable bonds is 23. The zero-order chi connectivity index (χ0) is 49.9. The molecule has 1 unspecified atom stereocenters. The molecule has 6 nitrogen and oxygen atoms in total. The standard InChI is InChI=1S/C67H70N4O2/c1-5-7-9-11-12-16-22-49(21-15-10-8-6-2)46-71-66-60-43-48(4)29-38-58(60)57-39-34-54(50-30-27-47(3)28-31-50)44-59(57)65(66)70-67(71)53-32-35-55(36-33-53)72-41-42-73-56-37-40-61-62(45-56)69-64(52-25-19-14-20-26-52)63(68-61)51-23-17-13-18-24-51/h13-14,17-20,23-40,43-45,49H,5-12,15-16,21-22,41-42,46H2,1-4H3. The quantitative estimate of drug-likeness (QED) is 0.0472. The van der Waals surface area contributed by atoms with Gasteiger partial charge in [-0.3, -0.25) is 0 Å². The highest BCUT2D eigenvalue weighted by molar-refractivity contribution is 6.24. The van der Waals surface area contributed by atoms with Crippen LogP contribution in [-0.2, 0) is 6.54 Å². The highest BCUT2D eigenvalue weighted by Gasteiger charge is 2.23. The van der Waals surface area contributed by atoms with Gasteiger partial charge in [-0.05, 0) is 103 Å². The van der Waals surface area contributed by atoms with Gasteiger partial charge in [-0.1, -0.05) is 198 Å². The number of fused-ring (bicyclic) bond motifs is 7. The molecule has 73 heavy (non-hydrogen) atoms. The summed E-state index contributed by atoms with van der Waals surface area (Å²) >= 11 is 0. The molecule has 0 N–H and O–H groups in total. The molecular weight excluding hydrogens is 893 g/mol. The van der Waals surface area contributed by atoms with E-state index in [-0.39, 0.29) is 0 Å². The van der Waals surface area contributed by atoms with Crippen LogP contribution in [0.25, 0.3) is 88.6 Å². The van der Waals surface area contributed by atoms with Crippen LogP contribution in [-0.4, -0.2) is 32.7 Å². The second kappa shape index (κ2) is 23.5. The SMILES string of the molecule is CCCCCCCCC(CCCCCC)Cn1c(-c2ccc(OCCOc3ccc4nc(-c5ccccc5)c(-c5ccccc5)nc4c3)cc2)nc2c3cc(-c4ccc(C)cc4)ccc3c3ccc(C)cc3c21. The van der Waals surface area contributed by atoms with E-state index in [2.05, 4.69) is 141 Å². The van der Waals surface area contributed by atoms with Crippen molar-refractivity contribution in [3.05, 3.63) is 175 Å². The second-order valence-corrected chi connectivity index (χ2v) is 20.2. The van der Waals surface area contributed by atoms with Gasteiger partial charge in [-0.2, -0.15) is 0 Å². The highest BCUT2D eigenvalue weighted by Crippen LogP contribution is 2.41. The normalized spacial score (nSPS) is 12.1. The zero-order valence-corrected chi connectivity index (χ0v) is 43.4. The molecule has 0 saturated carbocycles. The van der Waals surface area contributed by atoms with E-state index in [4.69, 9.17) is 24.4 Å². The Labute approximate surface area is 432 Å². The lowest BCUT2D eigenvalue weighted by Crippen LogP contribution is -2.13. The highest BCUT2D eigenvalue weighted by atomic mass is 16.5. The summed E-state index contributed by atoms with van der Waals surface area (Å²) in [5.41, 5.74) is 13.7. The van der Waals surface area contributed by atoms with Crippen molar-refractivity contribution >= 4 is 43.6 Å². The van der Waals surface area contributed by atoms with E-state index < -0.39 is 0 Å². The topological polar surface area (TPSA) is 62.1 Å². The van der Waals surface area contributed by atoms with Crippen LogP contribution in [0.3, 0.4) is 0 Å². The molecular formula is C67H70N4O2. The maximum atomic E-state index is 6.36. The van der Waals surface area contributed by atoms with Crippen LogP contribution in [0.5, 0.6) is 11.5 Å². The molecule has 0 aliphatic heterocycles. The third kappa shape index (κ3) is 11.5. The molecule has 0 aliphatic carbocycles. The van der Waals surface area contributed by atoms with Gasteiger partial charge in [-0.25, -0.2) is 15.0 Å². The first kappa shape index (κ1) is 49.3. The van der Waals surface area contributed by atoms with Gasteiger partial charge >= 0.3 is 0 Å². The van der Waals surface area contributed by atoms with E-state index in [1.807, 2.05) is 54.6 Å². The first-order chi connectivity index (χ1) is 35.9. The van der Waals surface area contributed by atoms with Crippen molar-refractivity contribution in [2.45, 2.75) is 111 Å². The smallest absolute Gasteiger partial charge is 0.141 e. The van der Waals surface area contributed by atoms with E-state index >= 15 is 0 Å². The fraction of sp³-hybridized carbons (Fsp3) is 0.299. The number of hydrogen-bond donors (Lipinski definition) is 0. The Bertz CT molecular complexity index is 3420. The number of aryl methyl sites for hydroxylation is 2. The van der Waals surface area contributed by atoms with Crippen LogP contribution >= 0.6 is 0 Å². The summed E-state index contributed by atoms with van der Waals surface area (Å²) in [5, 5.41) is 5.00. The maximum Gasteiger partial charge on any atom is 0.141 e. The zero-order valence-electron chi connectivity index (χ0n) is 43.4. The molecule has 0 amide bonds. The Hall–Kier alpha value is -7.31. The molecule has 2 aromatic heterocycles. The minimum Gasteiger partial charge on any atom is -0.490 e. The van der Waals surface area contributed by atoms with Gasteiger partial charge in [-0.15, -0.1) is 0 Å². The van der Waals surface area contributed by atoms with Crippen molar-refractivity contribution in [3.8, 4) is 56.5 Å². The Kier molecular flexibility index (Phi) is 15.9. The van der Waals surface area contributed by atoms with E-state index in [9.17, 15) is 0 Å². The number of hydrogen-bond acceptors (Lipinski definition) is 5. The average molecular weight is 963 g/mol. The molecule has 10 aromatic rings. The summed E-state index contributed by atoms with van der Waals surface area (Å²) in [4.78, 5) is 16.0. The molecule has 0 radical (unpaired) electrons. The second-order valence-electron chi connectivity index (χ2n) is 20.2. The molecule has 370 valence electrons. The van der Waals surface area contributed by atoms with Crippen molar-refractivity contribution in [2.24, 2.45) is 5.92 Å². The fourth-order valence-electron chi connectivity index (χ4n) is 10.7. The minimum atomic E-state index is 0.381. The molecule has 0 bridgehead atoms. The van der Waals surface area contributed by atoms with Crippen LogP contribution in [0.15, 0.2) is 164 Å². The largest absolute Gasteiger partial charge is 0.490 e. The lowest BCUT2D eigenvalue weighted by atomic mass is 9.93. The molecule has 0 aliphatic rings. The number of ether oxygens (including phenoxy) is 2. The van der Waals surface area contributed by atoms with Crippen LogP contribution in [0.4, 0.5) is 0 Å². The summed E-state index contributed by atoms with van der Waals surface area (Å²) in [6.07, 6.45) is 15.5. The molecule has 1 atom stereocenters. The fourth-order valence-corrected chi connectivity index (χ4v) is 10.7. The lowest BCUT2D eigenvalue weighted by molar-refractivity contribution is 0.217. The first-order valence-electron chi connectivity index (χ1n) is 27.2. The molecule has 0 spiro atoms. The summed E-state index contributed by atoms with van der Waals surface area (Å²) in [5.74, 6) is 3.11. The van der Waals surface area contributed by atoms with E-state index in [1.165, 1.54) is 126 Å². The molecule has 8 aromatic carbocycles. The van der Waals surface area contributed by atoms with Crippen molar-refractivity contribution in [3.63, 3.8) is 0 Å². The Morgan fingerprint density at radius 2 is 0.973 bits per heavy atom. The van der Waals surface area contributed by atoms with Crippen LogP contribution in [0, 0.1) is 19.8 Å². The van der Waals surface area contributed by atoms with E-state index in [0.29, 0.717) is 19.1 Å². The molecule has 0 fully saturated rings. The number of aromatic nitrogens is 4. The molecule has 10 rings (SSSR count). The van der Waals surface area contributed by atoms with Gasteiger partial charge in [0.15, 0.2) is 0 Å². The van der Waals surface area contributed by atoms with Crippen LogP contribution in [0.2, 0.25) is 0 Å². The van der Waals surface area contributed by atoms with Gasteiger partial charge < -0.3 is 14.0 Å². The summed E-state index contributed by atoms with van der Waals surface area (Å²) in [6, 6.07) is 57.9.